The molecule has 240 valence electrons. The van der Waals surface area contributed by atoms with Gasteiger partial charge in [-0.25, -0.2) is 9.98 Å². The molecule has 51 heavy (non-hydrogen) atoms. The van der Waals surface area contributed by atoms with E-state index < -0.39 is 6.17 Å². The number of aromatic nitrogens is 1. The van der Waals surface area contributed by atoms with E-state index in [1.54, 1.807) is 0 Å². The fraction of sp³-hybridized carbons (Fsp3) is 0.0222. The molecule has 1 aliphatic heterocycles. The Bertz CT molecular complexity index is 3070. The molecule has 0 bridgehead atoms. The van der Waals surface area contributed by atoms with Gasteiger partial charge in [0.05, 0.1) is 11.0 Å². The molecule has 1 atom stereocenters. The van der Waals surface area contributed by atoms with Crippen molar-refractivity contribution < 1.29 is 4.42 Å². The lowest BCUT2D eigenvalue weighted by atomic mass is 10.0. The van der Waals surface area contributed by atoms with Crippen molar-refractivity contribution in [3.05, 3.63) is 174 Å². The number of nitrogens with zero attached hydrogens (tertiary/aromatic N) is 3. The molecule has 11 rings (SSSR count). The predicted octanol–water partition coefficient (Wildman–Crippen LogP) is 11.5. The SMILES string of the molecule is c1ccc(C2=NC(c3cccc(-n4c5ccccc5c5cc6c(cc54)sc4ccccc46)c3)N=C(c3cccc4oc5ccccc5c34)N2)cc1. The second-order valence-corrected chi connectivity index (χ2v) is 14.1. The highest BCUT2D eigenvalue weighted by atomic mass is 32.1. The van der Waals surface area contributed by atoms with Gasteiger partial charge in [0, 0.05) is 64.1 Å². The summed E-state index contributed by atoms with van der Waals surface area (Å²) in [5, 5.41) is 10.8. The van der Waals surface area contributed by atoms with Crippen LogP contribution in [-0.2, 0) is 0 Å². The molecule has 10 aromatic rings. The van der Waals surface area contributed by atoms with E-state index >= 15 is 0 Å². The van der Waals surface area contributed by atoms with Gasteiger partial charge in [0.15, 0.2) is 6.17 Å². The van der Waals surface area contributed by atoms with Crippen LogP contribution in [0.4, 0.5) is 0 Å². The average molecular weight is 673 g/mol. The molecule has 3 aromatic heterocycles. The second kappa shape index (κ2) is 11.0. The summed E-state index contributed by atoms with van der Waals surface area (Å²) in [7, 11) is 0. The van der Waals surface area contributed by atoms with Gasteiger partial charge in [0.2, 0.25) is 0 Å². The number of amidine groups is 2. The van der Waals surface area contributed by atoms with Crippen molar-refractivity contribution in [2.24, 2.45) is 9.98 Å². The van der Waals surface area contributed by atoms with Crippen LogP contribution in [0.1, 0.15) is 22.9 Å². The zero-order valence-electron chi connectivity index (χ0n) is 27.2. The van der Waals surface area contributed by atoms with E-state index in [0.717, 1.165) is 56.0 Å². The number of thiophene rings is 1. The Labute approximate surface area is 296 Å². The van der Waals surface area contributed by atoms with Crippen molar-refractivity contribution in [3.63, 3.8) is 0 Å². The molecular formula is C45H28N4OS. The van der Waals surface area contributed by atoms with Gasteiger partial charge >= 0.3 is 0 Å². The first-order valence-electron chi connectivity index (χ1n) is 17.1. The number of hydrogen-bond acceptors (Lipinski definition) is 5. The molecule has 7 aromatic carbocycles. The Hall–Kier alpha value is -6.50. The number of rotatable bonds is 4. The highest BCUT2D eigenvalue weighted by molar-refractivity contribution is 7.25. The molecular weight excluding hydrogens is 645 g/mol. The summed E-state index contributed by atoms with van der Waals surface area (Å²) in [6, 6.07) is 55.5. The van der Waals surface area contributed by atoms with Crippen molar-refractivity contribution in [2.75, 3.05) is 0 Å². The van der Waals surface area contributed by atoms with E-state index in [2.05, 4.69) is 125 Å². The fourth-order valence-corrected chi connectivity index (χ4v) is 8.86. The van der Waals surface area contributed by atoms with Crippen LogP contribution in [0, 0.1) is 0 Å². The van der Waals surface area contributed by atoms with Gasteiger partial charge in [-0.3, -0.25) is 0 Å². The maximum Gasteiger partial charge on any atom is 0.169 e. The molecule has 0 spiro atoms. The number of aliphatic imine (C=N–C) groups is 2. The lowest BCUT2D eigenvalue weighted by Crippen LogP contribution is -2.36. The summed E-state index contributed by atoms with van der Waals surface area (Å²) >= 11 is 1.85. The van der Waals surface area contributed by atoms with Crippen LogP contribution in [-0.4, -0.2) is 16.2 Å². The van der Waals surface area contributed by atoms with Crippen molar-refractivity contribution in [1.29, 1.82) is 0 Å². The molecule has 1 unspecified atom stereocenters. The number of para-hydroxylation sites is 2. The lowest BCUT2D eigenvalue weighted by molar-refractivity contribution is 0.669. The van der Waals surface area contributed by atoms with E-state index in [4.69, 9.17) is 14.4 Å². The molecule has 1 aliphatic rings. The van der Waals surface area contributed by atoms with Crippen molar-refractivity contribution >= 4 is 86.9 Å². The van der Waals surface area contributed by atoms with Gasteiger partial charge in [0.1, 0.15) is 22.8 Å². The summed E-state index contributed by atoms with van der Waals surface area (Å²) in [5.41, 5.74) is 8.13. The number of benzene rings is 7. The Balaban J connectivity index is 1.11. The highest BCUT2D eigenvalue weighted by Crippen LogP contribution is 2.41. The van der Waals surface area contributed by atoms with Crippen LogP contribution in [0.25, 0.3) is 69.6 Å². The van der Waals surface area contributed by atoms with E-state index in [1.165, 1.54) is 42.0 Å². The summed E-state index contributed by atoms with van der Waals surface area (Å²) in [4.78, 5) is 10.5. The average Bonchev–Trinajstić information content (AvgIpc) is 3.86. The van der Waals surface area contributed by atoms with Crippen LogP contribution in [0.3, 0.4) is 0 Å². The number of fused-ring (bicyclic) bond motifs is 9. The topological polar surface area (TPSA) is 54.8 Å². The van der Waals surface area contributed by atoms with Gasteiger partial charge < -0.3 is 14.3 Å². The minimum absolute atomic E-state index is 0.466. The highest BCUT2D eigenvalue weighted by Gasteiger charge is 2.24. The predicted molar refractivity (Wildman–Crippen MR) is 213 cm³/mol. The normalized spacial score (nSPS) is 14.9. The van der Waals surface area contributed by atoms with Crippen molar-refractivity contribution in [1.82, 2.24) is 9.88 Å². The number of hydrogen-bond donors (Lipinski definition) is 1. The van der Waals surface area contributed by atoms with Gasteiger partial charge in [-0.15, -0.1) is 11.3 Å². The summed E-state index contributed by atoms with van der Waals surface area (Å²) in [6.45, 7) is 0. The third-order valence-corrected chi connectivity index (χ3v) is 11.2. The first kappa shape index (κ1) is 28.3. The quantitative estimate of drug-likeness (QED) is 0.202. The third-order valence-electron chi connectivity index (χ3n) is 10.0. The largest absolute Gasteiger partial charge is 0.456 e. The van der Waals surface area contributed by atoms with E-state index in [-0.39, 0.29) is 0 Å². The minimum Gasteiger partial charge on any atom is -0.456 e. The molecule has 0 radical (unpaired) electrons. The third kappa shape index (κ3) is 4.40. The second-order valence-electron chi connectivity index (χ2n) is 13.0. The fourth-order valence-electron chi connectivity index (χ4n) is 7.74. The Morgan fingerprint density at radius 1 is 0.529 bits per heavy atom. The molecule has 6 heteroatoms. The minimum atomic E-state index is -0.466. The molecule has 0 saturated carbocycles. The number of furan rings is 1. The Morgan fingerprint density at radius 3 is 2.20 bits per heavy atom. The van der Waals surface area contributed by atoms with Crippen molar-refractivity contribution in [2.45, 2.75) is 6.17 Å². The monoisotopic (exact) mass is 672 g/mol. The van der Waals surface area contributed by atoms with E-state index in [9.17, 15) is 0 Å². The van der Waals surface area contributed by atoms with Crippen LogP contribution < -0.4 is 5.32 Å². The van der Waals surface area contributed by atoms with Gasteiger partial charge in [-0.05, 0) is 48.5 Å². The van der Waals surface area contributed by atoms with Crippen LogP contribution in [0.2, 0.25) is 0 Å². The summed E-state index contributed by atoms with van der Waals surface area (Å²) in [6.07, 6.45) is -0.466. The zero-order chi connectivity index (χ0) is 33.5. The smallest absolute Gasteiger partial charge is 0.169 e. The van der Waals surface area contributed by atoms with Gasteiger partial charge in [0.25, 0.3) is 0 Å². The molecule has 0 amide bonds. The summed E-state index contributed by atoms with van der Waals surface area (Å²) in [5.74, 6) is 1.55. The van der Waals surface area contributed by atoms with Gasteiger partial charge in [-0.2, -0.15) is 0 Å². The number of nitrogens with one attached hydrogen (secondary N) is 1. The Morgan fingerprint density at radius 2 is 1.27 bits per heavy atom. The van der Waals surface area contributed by atoms with E-state index in [1.807, 2.05) is 53.8 Å². The van der Waals surface area contributed by atoms with Crippen molar-refractivity contribution in [3.8, 4) is 5.69 Å². The summed E-state index contributed by atoms with van der Waals surface area (Å²) < 4.78 is 11.3. The molecule has 0 aliphatic carbocycles. The molecule has 0 fully saturated rings. The molecule has 1 N–H and O–H groups in total. The zero-order valence-corrected chi connectivity index (χ0v) is 28.1. The van der Waals surface area contributed by atoms with Gasteiger partial charge in [-0.1, -0.05) is 109 Å². The first-order chi connectivity index (χ1) is 25.3. The maximum atomic E-state index is 6.26. The van der Waals surface area contributed by atoms with Crippen LogP contribution in [0.5, 0.6) is 0 Å². The standard InChI is InChI=1S/C45H28N4OS/c1-2-12-27(13-3-1)43-46-44(48-45(47-43)33-19-11-22-39-42(33)32-18-5-8-21-38(32)50-39)28-14-10-15-29(24-28)49-36-20-7-4-16-30(36)34-25-35-31-17-6-9-23-40(31)51-41(35)26-37(34)49/h1-26,44H,(H,46,47,48). The first-order valence-corrected chi connectivity index (χ1v) is 17.9. The van der Waals surface area contributed by atoms with E-state index in [0.29, 0.717) is 0 Å². The Kier molecular flexibility index (Phi) is 6.12. The lowest BCUT2D eigenvalue weighted by Gasteiger charge is -2.23. The molecule has 5 nitrogen and oxygen atoms in total. The van der Waals surface area contributed by atoms with Crippen LogP contribution >= 0.6 is 11.3 Å². The molecule has 4 heterocycles. The maximum absolute atomic E-state index is 6.26. The van der Waals surface area contributed by atoms with Crippen LogP contribution in [0.15, 0.2) is 172 Å². The molecule has 0 saturated heterocycles.